The molecule has 1 heterocycles. The first kappa shape index (κ1) is 17.8. The molecule has 1 aromatic heterocycles. The van der Waals surface area contributed by atoms with Crippen LogP contribution in [0.2, 0.25) is 0 Å². The van der Waals surface area contributed by atoms with E-state index < -0.39 is 52.1 Å². The topological polar surface area (TPSA) is 60.9 Å². The number of aromatic nitrogens is 2. The van der Waals surface area contributed by atoms with E-state index in [1.807, 2.05) is 0 Å². The second-order valence-electron chi connectivity index (χ2n) is 4.75. The Balaban J connectivity index is 2.92. The highest BCUT2D eigenvalue weighted by Gasteiger charge is 2.43. The summed E-state index contributed by atoms with van der Waals surface area (Å²) in [4.78, 5) is 14.7. The van der Waals surface area contributed by atoms with Gasteiger partial charge in [-0.15, -0.1) is 0 Å². The van der Waals surface area contributed by atoms with Crippen molar-refractivity contribution < 1.29 is 30.7 Å². The number of alkyl halides is 6. The molecule has 4 nitrogen and oxygen atoms in total. The molecule has 0 aliphatic carbocycles. The molecule has 2 rings (SSSR count). The summed E-state index contributed by atoms with van der Waals surface area (Å²) in [5, 5.41) is 0. The molecule has 0 unspecified atom stereocenters. The summed E-state index contributed by atoms with van der Waals surface area (Å²) in [6.07, 6.45) is -10.6. The molecule has 24 heavy (non-hydrogen) atoms. The van der Waals surface area contributed by atoms with Gasteiger partial charge in [0.05, 0.1) is 11.3 Å². The van der Waals surface area contributed by atoms with Crippen LogP contribution in [0.3, 0.4) is 0 Å². The number of rotatable bonds is 1. The summed E-state index contributed by atoms with van der Waals surface area (Å²) in [5.41, 5.74) is -0.585. The molecular formula is C13H8F7N3O. The van der Waals surface area contributed by atoms with Gasteiger partial charge in [0.15, 0.2) is 5.69 Å². The van der Waals surface area contributed by atoms with E-state index in [0.29, 0.717) is 13.1 Å². The molecule has 0 fully saturated rings. The molecule has 0 aliphatic rings. The Hall–Kier alpha value is -2.59. The van der Waals surface area contributed by atoms with Crippen LogP contribution in [0, 0.1) is 5.82 Å². The van der Waals surface area contributed by atoms with Gasteiger partial charge in [0, 0.05) is 7.05 Å². The third kappa shape index (κ3) is 3.05. The fourth-order valence-corrected chi connectivity index (χ4v) is 2.02. The van der Waals surface area contributed by atoms with Crippen molar-refractivity contribution >= 4 is 5.69 Å². The summed E-state index contributed by atoms with van der Waals surface area (Å²) in [7, 11) is 0.634. The van der Waals surface area contributed by atoms with Crippen molar-refractivity contribution in [3.63, 3.8) is 0 Å². The van der Waals surface area contributed by atoms with Crippen LogP contribution in [0.15, 0.2) is 23.0 Å². The van der Waals surface area contributed by atoms with E-state index in [1.54, 1.807) is 0 Å². The molecule has 1 aromatic carbocycles. The first-order valence-electron chi connectivity index (χ1n) is 6.15. The van der Waals surface area contributed by atoms with E-state index in [0.717, 1.165) is 12.1 Å². The summed E-state index contributed by atoms with van der Waals surface area (Å²) in [6.45, 7) is 0. The Labute approximate surface area is 129 Å². The molecule has 2 aromatic rings. The molecule has 0 spiro atoms. The molecule has 0 saturated heterocycles. The average molecular weight is 355 g/mol. The Morgan fingerprint density at radius 2 is 1.67 bits per heavy atom. The van der Waals surface area contributed by atoms with Crippen LogP contribution in [0.4, 0.5) is 36.4 Å². The highest BCUT2D eigenvalue weighted by Crippen LogP contribution is 2.37. The van der Waals surface area contributed by atoms with Gasteiger partial charge in [-0.1, -0.05) is 6.07 Å². The maximum absolute atomic E-state index is 13.2. The zero-order chi connectivity index (χ0) is 18.4. The van der Waals surface area contributed by atoms with Crippen molar-refractivity contribution in [2.45, 2.75) is 12.4 Å². The second-order valence-corrected chi connectivity index (χ2v) is 4.75. The predicted octanol–water partition coefficient (Wildman–Crippen LogP) is 3.21. The van der Waals surface area contributed by atoms with Crippen molar-refractivity contribution in [3.8, 4) is 11.1 Å². The molecule has 0 saturated carbocycles. The van der Waals surface area contributed by atoms with Crippen LogP contribution in [0.25, 0.3) is 11.1 Å². The minimum Gasteiger partial charge on any atom is -0.396 e. The zero-order valence-electron chi connectivity index (χ0n) is 11.8. The number of benzene rings is 1. The first-order chi connectivity index (χ1) is 10.8. The number of hydrogen-bond donors (Lipinski definition) is 1. The minimum absolute atomic E-state index is 0.0515. The van der Waals surface area contributed by atoms with Crippen LogP contribution < -0.4 is 11.3 Å². The lowest BCUT2D eigenvalue weighted by Crippen LogP contribution is -2.32. The molecule has 0 atom stereocenters. The molecule has 0 aliphatic heterocycles. The third-order valence-electron chi connectivity index (χ3n) is 3.10. The lowest BCUT2D eigenvalue weighted by atomic mass is 10.0. The molecular weight excluding hydrogens is 347 g/mol. The van der Waals surface area contributed by atoms with Crippen molar-refractivity contribution in [2.75, 3.05) is 5.73 Å². The Morgan fingerprint density at radius 3 is 2.12 bits per heavy atom. The van der Waals surface area contributed by atoms with Crippen LogP contribution >= 0.6 is 0 Å². The molecule has 0 radical (unpaired) electrons. The van der Waals surface area contributed by atoms with Gasteiger partial charge in [0.1, 0.15) is 5.82 Å². The van der Waals surface area contributed by atoms with Crippen molar-refractivity contribution in [2.24, 2.45) is 7.05 Å². The lowest BCUT2D eigenvalue weighted by Gasteiger charge is -2.17. The van der Waals surface area contributed by atoms with Gasteiger partial charge >= 0.3 is 12.4 Å². The van der Waals surface area contributed by atoms with Crippen molar-refractivity contribution in [1.82, 2.24) is 9.55 Å². The second kappa shape index (κ2) is 5.49. The quantitative estimate of drug-likeness (QED) is 0.631. The van der Waals surface area contributed by atoms with Crippen LogP contribution in [-0.2, 0) is 19.4 Å². The summed E-state index contributed by atoms with van der Waals surface area (Å²) in [6, 6.07) is 2.21. The largest absolute Gasteiger partial charge is 0.449 e. The van der Waals surface area contributed by atoms with E-state index in [2.05, 4.69) is 4.98 Å². The number of nitrogens with two attached hydrogens (primary N) is 1. The third-order valence-corrected chi connectivity index (χ3v) is 3.10. The Morgan fingerprint density at radius 1 is 1.08 bits per heavy atom. The zero-order valence-corrected chi connectivity index (χ0v) is 11.8. The van der Waals surface area contributed by atoms with Crippen molar-refractivity contribution in [1.29, 1.82) is 0 Å². The van der Waals surface area contributed by atoms with Gasteiger partial charge in [-0.2, -0.15) is 26.3 Å². The van der Waals surface area contributed by atoms with Crippen LogP contribution in [0.5, 0.6) is 0 Å². The smallest absolute Gasteiger partial charge is 0.396 e. The van der Waals surface area contributed by atoms with E-state index in [-0.39, 0.29) is 4.57 Å². The SMILES string of the molecule is Cn1c(C(F)(F)F)nc(C(F)(F)F)c(-c2ccc(F)c(N)c2)c1=O. The fraction of sp³-hybridized carbons (Fsp3) is 0.231. The average Bonchev–Trinajstić information content (AvgIpc) is 2.42. The highest BCUT2D eigenvalue weighted by molar-refractivity contribution is 5.69. The van der Waals surface area contributed by atoms with Crippen molar-refractivity contribution in [3.05, 3.63) is 45.9 Å². The van der Waals surface area contributed by atoms with E-state index in [9.17, 15) is 35.5 Å². The predicted molar refractivity (Wildman–Crippen MR) is 69.3 cm³/mol. The molecule has 0 amide bonds. The molecule has 0 bridgehead atoms. The number of anilines is 1. The first-order valence-corrected chi connectivity index (χ1v) is 6.15. The Kier molecular flexibility index (Phi) is 4.07. The fourth-order valence-electron chi connectivity index (χ4n) is 2.02. The van der Waals surface area contributed by atoms with Crippen LogP contribution in [0.1, 0.15) is 11.5 Å². The molecule has 2 N–H and O–H groups in total. The van der Waals surface area contributed by atoms with Gasteiger partial charge < -0.3 is 5.73 Å². The van der Waals surface area contributed by atoms with E-state index in [1.165, 1.54) is 0 Å². The standard InChI is InChI=1S/C13H8F7N3O/c1-23-10(24)8(5-2-3-6(14)7(21)4-5)9(12(15,16)17)22-11(23)13(18,19)20/h2-4H,21H2,1H3. The minimum atomic E-state index is -5.34. The Bertz CT molecular complexity index is 852. The number of hydrogen-bond acceptors (Lipinski definition) is 3. The number of nitrogens with zero attached hydrogens (tertiary/aromatic N) is 2. The summed E-state index contributed by atoms with van der Waals surface area (Å²) < 4.78 is 90.8. The monoisotopic (exact) mass is 355 g/mol. The van der Waals surface area contributed by atoms with Gasteiger partial charge in [0.2, 0.25) is 5.82 Å². The van der Waals surface area contributed by atoms with Crippen LogP contribution in [-0.4, -0.2) is 9.55 Å². The van der Waals surface area contributed by atoms with Gasteiger partial charge in [-0.25, -0.2) is 9.37 Å². The maximum Gasteiger partial charge on any atom is 0.449 e. The molecule has 130 valence electrons. The van der Waals surface area contributed by atoms with E-state index in [4.69, 9.17) is 5.73 Å². The number of halogens is 7. The molecule has 11 heteroatoms. The lowest BCUT2D eigenvalue weighted by molar-refractivity contribution is -0.154. The van der Waals surface area contributed by atoms with E-state index >= 15 is 0 Å². The number of nitrogen functional groups attached to an aromatic ring is 1. The summed E-state index contributed by atoms with van der Waals surface area (Å²) in [5.74, 6) is -2.96. The van der Waals surface area contributed by atoms with Gasteiger partial charge in [-0.05, 0) is 17.7 Å². The maximum atomic E-state index is 13.2. The van der Waals surface area contributed by atoms with Gasteiger partial charge in [-0.3, -0.25) is 9.36 Å². The normalized spacial score (nSPS) is 12.5. The highest BCUT2D eigenvalue weighted by atomic mass is 19.4. The van der Waals surface area contributed by atoms with Gasteiger partial charge in [0.25, 0.3) is 5.56 Å². The summed E-state index contributed by atoms with van der Waals surface area (Å²) >= 11 is 0.